The molecule has 1 aromatic heterocycles. The van der Waals surface area contributed by atoms with Gasteiger partial charge in [-0.25, -0.2) is 0 Å². The molecule has 4 rings (SSSR count). The molecule has 1 saturated heterocycles. The Balaban J connectivity index is 0.00000196. The van der Waals surface area contributed by atoms with Crippen LogP contribution in [0.15, 0.2) is 59.0 Å². The van der Waals surface area contributed by atoms with Gasteiger partial charge in [0.15, 0.2) is 0 Å². The number of piperidine rings is 1. The second kappa shape index (κ2) is 13.1. The Morgan fingerprint density at radius 2 is 1.52 bits per heavy atom. The van der Waals surface area contributed by atoms with Gasteiger partial charge in [-0.15, -0.1) is 37.2 Å². The molecule has 2 aromatic rings. The summed E-state index contributed by atoms with van der Waals surface area (Å²) in [4.78, 5) is 4.14. The van der Waals surface area contributed by atoms with Crippen molar-refractivity contribution < 1.29 is 5.48 Å². The number of rotatable bonds is 4. The maximum atomic E-state index is 6.03. The molecule has 3 heterocycles. The van der Waals surface area contributed by atoms with E-state index in [0.717, 1.165) is 48.3 Å². The highest BCUT2D eigenvalue weighted by Crippen LogP contribution is 2.36. The molecule has 160 valence electrons. The molecule has 0 spiro atoms. The van der Waals surface area contributed by atoms with E-state index in [-0.39, 0.29) is 48.9 Å². The molecule has 0 bridgehead atoms. The van der Waals surface area contributed by atoms with Gasteiger partial charge in [0.25, 0.3) is 0 Å². The van der Waals surface area contributed by atoms with Crippen molar-refractivity contribution in [3.05, 3.63) is 64.9 Å². The summed E-state index contributed by atoms with van der Waals surface area (Å²) in [7, 11) is 0. The molecule has 2 aliphatic rings. The summed E-state index contributed by atoms with van der Waals surface area (Å²) < 4.78 is 0. The largest absolute Gasteiger partial charge is 0.412 e. The minimum Gasteiger partial charge on any atom is -0.412 e. The second-order valence-electron chi connectivity index (χ2n) is 6.31. The molecule has 0 amide bonds. The Morgan fingerprint density at radius 3 is 2.14 bits per heavy atom. The summed E-state index contributed by atoms with van der Waals surface area (Å²) in [6.45, 7) is 2.08. The summed E-state index contributed by atoms with van der Waals surface area (Å²) in [6, 6.07) is 12.2. The minimum absolute atomic E-state index is 0. The number of pyridine rings is 1. The van der Waals surface area contributed by atoms with Crippen LogP contribution in [0.5, 0.6) is 0 Å². The van der Waals surface area contributed by atoms with Gasteiger partial charge in [0.05, 0.1) is 5.70 Å². The van der Waals surface area contributed by atoms with Crippen LogP contribution in [0, 0.1) is 0 Å². The third kappa shape index (κ3) is 6.62. The third-order valence-corrected chi connectivity index (χ3v) is 4.90. The van der Waals surface area contributed by atoms with Crippen LogP contribution in [0.4, 0.5) is 0 Å². The highest BCUT2D eigenvalue weighted by atomic mass is 35.5. The zero-order chi connectivity index (χ0) is 17.1. The Bertz CT molecular complexity index is 796. The van der Waals surface area contributed by atoms with Crippen LogP contribution in [0.3, 0.4) is 0 Å². The Labute approximate surface area is 194 Å². The first-order valence-electron chi connectivity index (χ1n) is 8.59. The van der Waals surface area contributed by atoms with E-state index in [9.17, 15) is 0 Å². The smallest absolute Gasteiger partial charge is 0.150 e. The van der Waals surface area contributed by atoms with Crippen molar-refractivity contribution in [1.82, 2.24) is 15.6 Å². The second-order valence-corrected chi connectivity index (χ2v) is 6.75. The van der Waals surface area contributed by atoms with Crippen molar-refractivity contribution in [3.63, 3.8) is 0 Å². The molecule has 4 N–H and O–H groups in total. The number of hydrogen-bond donors (Lipinski definition) is 2. The lowest BCUT2D eigenvalue weighted by molar-refractivity contribution is 0.373. The molecule has 1 aromatic carbocycles. The predicted octanol–water partition coefficient (Wildman–Crippen LogP) is 4.18. The SMILES string of the molecule is Cl.Cl.Cl.Clc1ccc(C2=C(c3ccncc3)C(NC3CCNCC3)N=N2)cc1.O. The number of hydrogen-bond acceptors (Lipinski definition) is 5. The van der Waals surface area contributed by atoms with Crippen LogP contribution in [0.25, 0.3) is 11.3 Å². The molecule has 2 aliphatic heterocycles. The molecule has 0 saturated carbocycles. The van der Waals surface area contributed by atoms with E-state index >= 15 is 0 Å². The van der Waals surface area contributed by atoms with Gasteiger partial charge in [-0.3, -0.25) is 10.3 Å². The van der Waals surface area contributed by atoms with Gasteiger partial charge in [-0.2, -0.15) is 10.2 Å². The fourth-order valence-corrected chi connectivity index (χ4v) is 3.46. The predicted molar refractivity (Wildman–Crippen MR) is 126 cm³/mol. The highest BCUT2D eigenvalue weighted by molar-refractivity contribution is 6.30. The number of benzene rings is 1. The van der Waals surface area contributed by atoms with Gasteiger partial charge in [-0.1, -0.05) is 23.7 Å². The normalized spacial score (nSPS) is 18.2. The molecule has 29 heavy (non-hydrogen) atoms. The Morgan fingerprint density at radius 1 is 0.897 bits per heavy atom. The average Bonchev–Trinajstić information content (AvgIpc) is 3.07. The van der Waals surface area contributed by atoms with Crippen LogP contribution < -0.4 is 10.6 Å². The molecule has 0 aliphatic carbocycles. The zero-order valence-corrected chi connectivity index (χ0v) is 18.8. The quantitative estimate of drug-likeness (QED) is 0.687. The molecule has 10 heteroatoms. The van der Waals surface area contributed by atoms with E-state index in [4.69, 9.17) is 11.6 Å². The summed E-state index contributed by atoms with van der Waals surface area (Å²) in [5.41, 5.74) is 4.11. The molecule has 1 atom stereocenters. The monoisotopic (exact) mass is 479 g/mol. The summed E-state index contributed by atoms with van der Waals surface area (Å²) in [5, 5.41) is 16.8. The van der Waals surface area contributed by atoms with Crippen LogP contribution in [0.2, 0.25) is 5.02 Å². The van der Waals surface area contributed by atoms with E-state index in [0.29, 0.717) is 11.1 Å². The molecule has 0 radical (unpaired) electrons. The third-order valence-electron chi connectivity index (χ3n) is 4.64. The first-order valence-corrected chi connectivity index (χ1v) is 8.97. The maximum Gasteiger partial charge on any atom is 0.150 e. The van der Waals surface area contributed by atoms with Gasteiger partial charge >= 0.3 is 0 Å². The van der Waals surface area contributed by atoms with Crippen LogP contribution in [-0.2, 0) is 0 Å². The Hall–Kier alpha value is -1.25. The van der Waals surface area contributed by atoms with Gasteiger partial charge in [0.1, 0.15) is 6.17 Å². The summed E-state index contributed by atoms with van der Waals surface area (Å²) >= 11 is 6.03. The van der Waals surface area contributed by atoms with Gasteiger partial charge in [-0.05, 0) is 55.8 Å². The first kappa shape index (κ1) is 27.8. The number of nitrogens with zero attached hydrogens (tertiary/aromatic N) is 3. The molecular weight excluding hydrogens is 456 g/mol. The average molecular weight is 481 g/mol. The topological polar surface area (TPSA) is 93.2 Å². The Kier molecular flexibility index (Phi) is 12.6. The summed E-state index contributed by atoms with van der Waals surface area (Å²) in [5.74, 6) is 0. The van der Waals surface area contributed by atoms with E-state index in [1.807, 2.05) is 48.8 Å². The lowest BCUT2D eigenvalue weighted by Crippen LogP contribution is -2.44. The van der Waals surface area contributed by atoms with Crippen molar-refractivity contribution in [2.24, 2.45) is 10.2 Å². The van der Waals surface area contributed by atoms with Crippen LogP contribution in [-0.4, -0.2) is 35.8 Å². The molecule has 1 fully saturated rings. The molecule has 1 unspecified atom stereocenters. The molecular formula is C19H25Cl4N5O. The van der Waals surface area contributed by atoms with Crippen molar-refractivity contribution in [3.8, 4) is 0 Å². The number of azo groups is 1. The summed E-state index contributed by atoms with van der Waals surface area (Å²) in [6.07, 6.45) is 5.69. The maximum absolute atomic E-state index is 6.03. The fraction of sp³-hybridized carbons (Fsp3) is 0.316. The number of halogens is 4. The van der Waals surface area contributed by atoms with E-state index in [1.54, 1.807) is 0 Å². The molecule has 6 nitrogen and oxygen atoms in total. The van der Waals surface area contributed by atoms with E-state index in [2.05, 4.69) is 25.8 Å². The number of nitrogens with one attached hydrogen (secondary N) is 2. The number of aromatic nitrogens is 1. The van der Waals surface area contributed by atoms with Gasteiger partial charge in [0, 0.05) is 34.6 Å². The van der Waals surface area contributed by atoms with Crippen molar-refractivity contribution in [1.29, 1.82) is 0 Å². The van der Waals surface area contributed by atoms with E-state index < -0.39 is 0 Å². The fourth-order valence-electron chi connectivity index (χ4n) is 3.33. The van der Waals surface area contributed by atoms with Crippen LogP contribution in [0.1, 0.15) is 24.0 Å². The first-order chi connectivity index (χ1) is 12.3. The lowest BCUT2D eigenvalue weighted by atomic mass is 9.97. The van der Waals surface area contributed by atoms with E-state index in [1.165, 1.54) is 0 Å². The van der Waals surface area contributed by atoms with Gasteiger partial charge in [0.2, 0.25) is 0 Å². The standard InChI is InChI=1S/C19H20ClN5.3ClH.H2O/c20-15-3-1-14(2-4-15)18-17(13-5-9-21-10-6-13)19(25-24-18)23-16-7-11-22-12-8-16;;;;/h1-6,9-10,16,19,22-23H,7-8,11-12H2;3*1H;1H2. The van der Waals surface area contributed by atoms with Crippen molar-refractivity contribution in [2.45, 2.75) is 25.0 Å². The zero-order valence-electron chi connectivity index (χ0n) is 15.5. The van der Waals surface area contributed by atoms with Gasteiger partial charge < -0.3 is 10.8 Å². The van der Waals surface area contributed by atoms with Crippen molar-refractivity contribution in [2.75, 3.05) is 13.1 Å². The lowest BCUT2D eigenvalue weighted by Gasteiger charge is -2.26. The highest BCUT2D eigenvalue weighted by Gasteiger charge is 2.28. The minimum atomic E-state index is -0.129. The van der Waals surface area contributed by atoms with Crippen molar-refractivity contribution >= 4 is 60.1 Å². The van der Waals surface area contributed by atoms with Crippen LogP contribution >= 0.6 is 48.8 Å².